The summed E-state index contributed by atoms with van der Waals surface area (Å²) in [5.41, 5.74) is 3.78. The Morgan fingerprint density at radius 2 is 1.86 bits per heavy atom. The molecule has 2 amide bonds. The van der Waals surface area contributed by atoms with Crippen molar-refractivity contribution in [2.24, 2.45) is 0 Å². The smallest absolute Gasteiger partial charge is 0.320 e. The first-order valence-electron chi connectivity index (χ1n) is 15.3. The van der Waals surface area contributed by atoms with Crippen LogP contribution in [-0.2, 0) is 11.3 Å². The Morgan fingerprint density at radius 3 is 2.65 bits per heavy atom. The van der Waals surface area contributed by atoms with E-state index in [1.165, 1.54) is 6.07 Å². The molecule has 3 aromatic carbocycles. The van der Waals surface area contributed by atoms with E-state index in [1.54, 1.807) is 40.3 Å². The Morgan fingerprint density at radius 1 is 1.02 bits per heavy atom. The van der Waals surface area contributed by atoms with Crippen LogP contribution in [0.2, 0.25) is 5.02 Å². The Balaban J connectivity index is 1.19. The normalized spacial score (nSPS) is 11.5. The van der Waals surface area contributed by atoms with Crippen molar-refractivity contribution in [3.05, 3.63) is 107 Å². The maximum absolute atomic E-state index is 13.3. The van der Waals surface area contributed by atoms with Crippen molar-refractivity contribution in [3.8, 4) is 28.6 Å². The number of hydrogen-bond acceptors (Lipinski definition) is 9. The van der Waals surface area contributed by atoms with Crippen molar-refractivity contribution in [1.29, 1.82) is 0 Å². The molecule has 0 bridgehead atoms. The largest absolute Gasteiger partial charge is 0.506 e. The van der Waals surface area contributed by atoms with Crippen LogP contribution in [0.1, 0.15) is 25.1 Å². The zero-order valence-electron chi connectivity index (χ0n) is 26.9. The van der Waals surface area contributed by atoms with Gasteiger partial charge in [0, 0.05) is 40.2 Å². The van der Waals surface area contributed by atoms with Crippen molar-refractivity contribution in [3.63, 3.8) is 0 Å². The van der Waals surface area contributed by atoms with Gasteiger partial charge in [-0.1, -0.05) is 53.7 Å². The highest BCUT2D eigenvalue weighted by Crippen LogP contribution is 2.36. The molecule has 4 N–H and O–H groups in total. The van der Waals surface area contributed by atoms with Crippen LogP contribution >= 0.6 is 35.1 Å². The Labute approximate surface area is 296 Å². The summed E-state index contributed by atoms with van der Waals surface area (Å²) in [6.45, 7) is 4.52. The number of aliphatic hydroxyl groups is 1. The first-order valence-corrected chi connectivity index (χ1v) is 17.7. The minimum absolute atomic E-state index is 0.0693. The topological polar surface area (TPSA) is 139 Å². The SMILES string of the molecule is CSC(C)(C)c1cc(NC(=O)NCc2ccccc2Sc2ccc3nnc(-c4cccc(OCCO)c4)n3c2)n(-c2ccc(Cl)c(O)c2)n1. The van der Waals surface area contributed by atoms with E-state index in [0.717, 1.165) is 26.6 Å². The van der Waals surface area contributed by atoms with Crippen LogP contribution in [-0.4, -0.2) is 60.1 Å². The van der Waals surface area contributed by atoms with Gasteiger partial charge in [-0.05, 0) is 68.1 Å². The lowest BCUT2D eigenvalue weighted by Crippen LogP contribution is -2.29. The molecule has 0 aliphatic heterocycles. The monoisotopic (exact) mass is 715 g/mol. The molecule has 3 aromatic heterocycles. The van der Waals surface area contributed by atoms with E-state index in [0.29, 0.717) is 28.7 Å². The van der Waals surface area contributed by atoms with E-state index in [2.05, 4.69) is 34.7 Å². The van der Waals surface area contributed by atoms with Crippen molar-refractivity contribution in [2.45, 2.75) is 34.9 Å². The minimum atomic E-state index is -0.409. The molecule has 11 nitrogen and oxygen atoms in total. The summed E-state index contributed by atoms with van der Waals surface area (Å²) < 4.78 is 8.77. The number of nitrogens with one attached hydrogen (secondary N) is 2. The zero-order chi connectivity index (χ0) is 34.5. The van der Waals surface area contributed by atoms with E-state index in [1.807, 2.05) is 83.6 Å². The van der Waals surface area contributed by atoms with Gasteiger partial charge < -0.3 is 20.3 Å². The summed E-state index contributed by atoms with van der Waals surface area (Å²) in [6.07, 6.45) is 3.98. The van der Waals surface area contributed by atoms with Crippen LogP contribution in [0.15, 0.2) is 101 Å². The Bertz CT molecular complexity index is 2120. The number of nitrogens with zero attached hydrogens (tertiary/aromatic N) is 5. The van der Waals surface area contributed by atoms with Gasteiger partial charge in [-0.25, -0.2) is 9.48 Å². The van der Waals surface area contributed by atoms with Crippen LogP contribution in [0.5, 0.6) is 11.5 Å². The Kier molecular flexibility index (Phi) is 10.3. The fourth-order valence-electron chi connectivity index (χ4n) is 4.93. The number of aliphatic hydroxyl groups excluding tert-OH is 1. The number of anilines is 1. The maximum Gasteiger partial charge on any atom is 0.320 e. The molecule has 6 rings (SSSR count). The summed E-state index contributed by atoms with van der Waals surface area (Å²) in [4.78, 5) is 15.2. The molecule has 0 spiro atoms. The number of aromatic nitrogens is 5. The molecule has 49 heavy (non-hydrogen) atoms. The number of thioether (sulfide) groups is 1. The molecule has 0 fully saturated rings. The molecular weight excluding hydrogens is 682 g/mol. The highest BCUT2D eigenvalue weighted by Gasteiger charge is 2.25. The average Bonchev–Trinajstić information content (AvgIpc) is 3.73. The third-order valence-corrected chi connectivity index (χ3v) is 10.4. The van der Waals surface area contributed by atoms with Gasteiger partial charge in [0.2, 0.25) is 0 Å². The first-order chi connectivity index (χ1) is 23.6. The third kappa shape index (κ3) is 7.81. The number of carbonyl (C=O) groups is 1. The van der Waals surface area contributed by atoms with Gasteiger partial charge >= 0.3 is 6.03 Å². The number of hydrogen-bond donors (Lipinski definition) is 4. The van der Waals surface area contributed by atoms with E-state index in [4.69, 9.17) is 26.5 Å². The molecule has 3 heterocycles. The van der Waals surface area contributed by atoms with Gasteiger partial charge in [-0.2, -0.15) is 16.9 Å². The van der Waals surface area contributed by atoms with Gasteiger partial charge in [0.05, 0.1) is 27.8 Å². The molecule has 0 unspecified atom stereocenters. The molecule has 14 heteroatoms. The summed E-state index contributed by atoms with van der Waals surface area (Å²) in [5, 5.41) is 39.0. The molecular formula is C35H34ClN7O4S2. The maximum atomic E-state index is 13.3. The third-order valence-electron chi connectivity index (χ3n) is 7.72. The number of ether oxygens (including phenoxy) is 1. The second-order valence-electron chi connectivity index (χ2n) is 11.4. The number of rotatable bonds is 12. The van der Waals surface area contributed by atoms with Crippen LogP contribution < -0.4 is 15.4 Å². The number of aromatic hydroxyl groups is 1. The number of phenolic OH excluding ortho intramolecular Hbond substituents is 1. The number of urea groups is 1. The summed E-state index contributed by atoms with van der Waals surface area (Å²) in [5.74, 6) is 1.66. The van der Waals surface area contributed by atoms with E-state index < -0.39 is 6.03 Å². The van der Waals surface area contributed by atoms with Gasteiger partial charge in [-0.3, -0.25) is 9.72 Å². The van der Waals surface area contributed by atoms with Crippen molar-refractivity contribution >= 4 is 52.6 Å². The molecule has 0 aliphatic rings. The standard InChI is InChI=1S/C35H34ClN7O4S2/c1-35(2,48-3)30-19-32(43(41-30)24-11-13-27(36)28(45)18-24)38-34(46)37-20-23-7-4-5-10-29(23)49-26-12-14-31-39-40-33(42(31)21-26)22-8-6-9-25(17-22)47-16-15-44/h4-14,17-19,21,44-45H,15-16,20H2,1-3H3,(H2,37,38,46). The summed E-state index contributed by atoms with van der Waals surface area (Å²) in [6, 6.07) is 25.5. The van der Waals surface area contributed by atoms with Crippen molar-refractivity contribution in [2.75, 3.05) is 24.8 Å². The molecule has 0 saturated carbocycles. The van der Waals surface area contributed by atoms with Gasteiger partial charge in [0.15, 0.2) is 11.5 Å². The van der Waals surface area contributed by atoms with E-state index >= 15 is 0 Å². The summed E-state index contributed by atoms with van der Waals surface area (Å²) >= 11 is 9.25. The molecule has 0 atom stereocenters. The van der Waals surface area contributed by atoms with E-state index in [-0.39, 0.29) is 35.3 Å². The van der Waals surface area contributed by atoms with Crippen LogP contribution in [0.4, 0.5) is 10.6 Å². The highest BCUT2D eigenvalue weighted by atomic mass is 35.5. The number of amides is 2. The second kappa shape index (κ2) is 14.8. The number of pyridine rings is 1. The number of halogens is 1. The lowest BCUT2D eigenvalue weighted by Gasteiger charge is -2.18. The summed E-state index contributed by atoms with van der Waals surface area (Å²) in [7, 11) is 0. The van der Waals surface area contributed by atoms with Crippen LogP contribution in [0, 0.1) is 0 Å². The Hall–Kier alpha value is -4.69. The quantitative estimate of drug-likeness (QED) is 0.102. The molecule has 0 saturated heterocycles. The fraction of sp³-hybridized carbons (Fsp3) is 0.200. The predicted molar refractivity (Wildman–Crippen MR) is 194 cm³/mol. The van der Waals surface area contributed by atoms with Crippen LogP contribution in [0.25, 0.3) is 22.7 Å². The minimum Gasteiger partial charge on any atom is -0.506 e. The molecule has 6 aromatic rings. The molecule has 0 radical (unpaired) electrons. The lowest BCUT2D eigenvalue weighted by molar-refractivity contribution is 0.201. The average molecular weight is 716 g/mol. The van der Waals surface area contributed by atoms with Gasteiger partial charge in [-0.15, -0.1) is 10.2 Å². The number of benzene rings is 3. The van der Waals surface area contributed by atoms with E-state index in [9.17, 15) is 9.90 Å². The molecule has 252 valence electrons. The molecule has 0 aliphatic carbocycles. The van der Waals surface area contributed by atoms with Crippen molar-refractivity contribution in [1.82, 2.24) is 29.7 Å². The predicted octanol–water partition coefficient (Wildman–Crippen LogP) is 7.38. The zero-order valence-corrected chi connectivity index (χ0v) is 29.3. The van der Waals surface area contributed by atoms with Gasteiger partial charge in [0.25, 0.3) is 0 Å². The fourth-order valence-corrected chi connectivity index (χ4v) is 6.32. The number of phenols is 1. The highest BCUT2D eigenvalue weighted by molar-refractivity contribution is 7.99. The van der Waals surface area contributed by atoms with Crippen LogP contribution in [0.3, 0.4) is 0 Å². The second-order valence-corrected chi connectivity index (χ2v) is 14.4. The number of fused-ring (bicyclic) bond motifs is 1. The lowest BCUT2D eigenvalue weighted by atomic mass is 10.1. The first kappa shape index (κ1) is 34.2. The van der Waals surface area contributed by atoms with Crippen molar-refractivity contribution < 1.29 is 19.7 Å². The van der Waals surface area contributed by atoms with Gasteiger partial charge in [0.1, 0.15) is 23.9 Å². The number of carbonyl (C=O) groups excluding carboxylic acids is 1.